The third kappa shape index (κ3) is 2.74. The minimum absolute atomic E-state index is 0.742. The molecule has 1 aliphatic rings. The van der Waals surface area contributed by atoms with Gasteiger partial charge in [-0.2, -0.15) is 0 Å². The van der Waals surface area contributed by atoms with Crippen LogP contribution in [-0.2, 0) is 0 Å². The fraction of sp³-hybridized carbons (Fsp3) is 1.00. The van der Waals surface area contributed by atoms with Gasteiger partial charge in [0.15, 0.2) is 0 Å². The fourth-order valence-electron chi connectivity index (χ4n) is 3.10. The molecule has 0 amide bonds. The van der Waals surface area contributed by atoms with E-state index >= 15 is 0 Å². The molecule has 0 aromatic heterocycles. The Balaban J connectivity index is 2.26. The van der Waals surface area contributed by atoms with Crippen molar-refractivity contribution in [3.8, 4) is 0 Å². The van der Waals surface area contributed by atoms with E-state index in [4.69, 9.17) is 0 Å². The van der Waals surface area contributed by atoms with Crippen molar-refractivity contribution in [2.24, 2.45) is 17.3 Å². The highest BCUT2D eigenvalue weighted by Crippen LogP contribution is 2.60. The van der Waals surface area contributed by atoms with Crippen LogP contribution in [0.4, 0.5) is 0 Å². The first-order valence-corrected chi connectivity index (χ1v) is 6.68. The zero-order chi connectivity index (χ0) is 10.6. The maximum atomic E-state index is 2.52. The van der Waals surface area contributed by atoms with E-state index in [1.807, 2.05) is 0 Å². The van der Waals surface area contributed by atoms with Crippen LogP contribution < -0.4 is 0 Å². The molecule has 0 aliphatic heterocycles. The summed E-state index contributed by atoms with van der Waals surface area (Å²) in [6, 6.07) is 0. The average molecular weight is 196 g/mol. The van der Waals surface area contributed by atoms with Gasteiger partial charge in [-0.25, -0.2) is 0 Å². The van der Waals surface area contributed by atoms with Crippen LogP contribution in [0.15, 0.2) is 0 Å². The molecule has 2 unspecified atom stereocenters. The number of hydrogen-bond acceptors (Lipinski definition) is 0. The van der Waals surface area contributed by atoms with Gasteiger partial charge in [0.25, 0.3) is 0 Å². The van der Waals surface area contributed by atoms with Crippen molar-refractivity contribution in [3.05, 3.63) is 0 Å². The zero-order valence-corrected chi connectivity index (χ0v) is 10.6. The molecule has 0 aromatic rings. The van der Waals surface area contributed by atoms with Crippen LogP contribution in [0.3, 0.4) is 0 Å². The van der Waals surface area contributed by atoms with Gasteiger partial charge in [0.1, 0.15) is 0 Å². The summed E-state index contributed by atoms with van der Waals surface area (Å²) in [6.45, 7) is 9.54. The molecular formula is C14H28. The Morgan fingerprint density at radius 3 is 2.29 bits per heavy atom. The summed E-state index contributed by atoms with van der Waals surface area (Å²) in [7, 11) is 0. The van der Waals surface area contributed by atoms with Crippen LogP contribution in [0.1, 0.15) is 72.6 Å². The smallest absolute Gasteiger partial charge is 0.0292 e. The first kappa shape index (κ1) is 12.1. The lowest BCUT2D eigenvalue weighted by atomic mass is 9.89. The number of hydrogen-bond donors (Lipinski definition) is 0. The molecule has 0 saturated heterocycles. The first-order valence-electron chi connectivity index (χ1n) is 6.68. The Bertz CT molecular complexity index is 157. The summed E-state index contributed by atoms with van der Waals surface area (Å²) in [4.78, 5) is 0. The van der Waals surface area contributed by atoms with Gasteiger partial charge in [0, 0.05) is 0 Å². The van der Waals surface area contributed by atoms with Gasteiger partial charge in [-0.05, 0) is 30.1 Å². The molecule has 1 aliphatic carbocycles. The fourth-order valence-corrected chi connectivity index (χ4v) is 3.10. The lowest BCUT2D eigenvalue weighted by Crippen LogP contribution is -2.07. The molecular weight excluding hydrogens is 168 g/mol. The van der Waals surface area contributed by atoms with E-state index in [1.54, 1.807) is 0 Å². The molecule has 0 radical (unpaired) electrons. The van der Waals surface area contributed by atoms with Crippen LogP contribution in [0.25, 0.3) is 0 Å². The molecule has 0 N–H and O–H groups in total. The second-order valence-electron chi connectivity index (χ2n) is 5.50. The van der Waals surface area contributed by atoms with Gasteiger partial charge in [-0.1, -0.05) is 59.8 Å². The van der Waals surface area contributed by atoms with Gasteiger partial charge in [0.2, 0.25) is 0 Å². The maximum Gasteiger partial charge on any atom is -0.0292 e. The molecule has 0 bridgehead atoms. The Morgan fingerprint density at radius 2 is 1.79 bits per heavy atom. The Kier molecular flexibility index (Phi) is 4.47. The Labute approximate surface area is 90.5 Å². The van der Waals surface area contributed by atoms with Crippen LogP contribution in [0.5, 0.6) is 0 Å². The van der Waals surface area contributed by atoms with Crippen molar-refractivity contribution < 1.29 is 0 Å². The predicted molar refractivity (Wildman–Crippen MR) is 64.4 cm³/mol. The Hall–Kier alpha value is 0. The third-order valence-electron chi connectivity index (χ3n) is 4.39. The second kappa shape index (κ2) is 5.19. The quantitative estimate of drug-likeness (QED) is 0.501. The minimum atomic E-state index is 0.742. The van der Waals surface area contributed by atoms with E-state index in [0.29, 0.717) is 0 Å². The van der Waals surface area contributed by atoms with Crippen LogP contribution >= 0.6 is 0 Å². The topological polar surface area (TPSA) is 0 Å². The highest BCUT2D eigenvalue weighted by atomic mass is 14.6. The predicted octanol–water partition coefficient (Wildman–Crippen LogP) is 5.03. The van der Waals surface area contributed by atoms with Crippen molar-refractivity contribution in [2.75, 3.05) is 0 Å². The summed E-state index contributed by atoms with van der Waals surface area (Å²) < 4.78 is 0. The summed E-state index contributed by atoms with van der Waals surface area (Å²) in [5.74, 6) is 2.08. The van der Waals surface area contributed by atoms with E-state index in [1.165, 1.54) is 44.9 Å². The molecule has 0 aromatic carbocycles. The third-order valence-corrected chi connectivity index (χ3v) is 4.39. The van der Waals surface area contributed by atoms with Crippen molar-refractivity contribution in [3.63, 3.8) is 0 Å². The molecule has 0 spiro atoms. The van der Waals surface area contributed by atoms with Gasteiger partial charge < -0.3 is 0 Å². The largest absolute Gasteiger partial charge is 0.0654 e. The molecule has 14 heavy (non-hydrogen) atoms. The maximum absolute atomic E-state index is 2.52. The van der Waals surface area contributed by atoms with Crippen molar-refractivity contribution in [1.29, 1.82) is 0 Å². The number of rotatable bonds is 7. The van der Waals surface area contributed by atoms with E-state index in [9.17, 15) is 0 Å². The van der Waals surface area contributed by atoms with Gasteiger partial charge in [-0.3, -0.25) is 0 Å². The van der Waals surface area contributed by atoms with E-state index < -0.39 is 0 Å². The normalized spacial score (nSPS) is 31.1. The van der Waals surface area contributed by atoms with E-state index in [-0.39, 0.29) is 0 Å². The standard InChI is InChI=1S/C14H28/c1-5-8-9-10-14(4)11-13(14)12(6-2)7-3/h12-13H,5-11H2,1-4H3. The molecule has 0 heterocycles. The lowest BCUT2D eigenvalue weighted by Gasteiger charge is -2.17. The minimum Gasteiger partial charge on any atom is -0.0654 e. The summed E-state index contributed by atoms with van der Waals surface area (Å²) >= 11 is 0. The zero-order valence-electron chi connectivity index (χ0n) is 10.6. The molecule has 0 nitrogen and oxygen atoms in total. The average Bonchev–Trinajstić information content (AvgIpc) is 2.81. The summed E-state index contributed by atoms with van der Waals surface area (Å²) in [5, 5.41) is 0. The monoisotopic (exact) mass is 196 g/mol. The van der Waals surface area contributed by atoms with Crippen LogP contribution in [0, 0.1) is 17.3 Å². The molecule has 1 saturated carbocycles. The van der Waals surface area contributed by atoms with Crippen LogP contribution in [0.2, 0.25) is 0 Å². The van der Waals surface area contributed by atoms with E-state index in [2.05, 4.69) is 27.7 Å². The second-order valence-corrected chi connectivity index (χ2v) is 5.50. The molecule has 84 valence electrons. The number of unbranched alkanes of at least 4 members (excludes halogenated alkanes) is 2. The van der Waals surface area contributed by atoms with Gasteiger partial charge >= 0.3 is 0 Å². The lowest BCUT2D eigenvalue weighted by molar-refractivity contribution is 0.335. The first-order chi connectivity index (χ1) is 6.68. The van der Waals surface area contributed by atoms with Crippen molar-refractivity contribution in [1.82, 2.24) is 0 Å². The Morgan fingerprint density at radius 1 is 1.14 bits per heavy atom. The molecule has 1 rings (SSSR count). The SMILES string of the molecule is CCCCCC1(C)CC1C(CC)CC. The highest BCUT2D eigenvalue weighted by molar-refractivity contribution is 5.01. The summed E-state index contributed by atoms with van der Waals surface area (Å²) in [5.41, 5.74) is 0.742. The summed E-state index contributed by atoms with van der Waals surface area (Å²) in [6.07, 6.45) is 10.1. The molecule has 0 heteroatoms. The van der Waals surface area contributed by atoms with Gasteiger partial charge in [0.05, 0.1) is 0 Å². The van der Waals surface area contributed by atoms with Crippen molar-refractivity contribution >= 4 is 0 Å². The molecule has 1 fully saturated rings. The van der Waals surface area contributed by atoms with Crippen LogP contribution in [-0.4, -0.2) is 0 Å². The van der Waals surface area contributed by atoms with E-state index in [0.717, 1.165) is 17.3 Å². The molecule has 2 atom stereocenters. The highest BCUT2D eigenvalue weighted by Gasteiger charge is 2.51. The van der Waals surface area contributed by atoms with Crippen molar-refractivity contribution in [2.45, 2.75) is 72.6 Å². The van der Waals surface area contributed by atoms with Gasteiger partial charge in [-0.15, -0.1) is 0 Å².